The van der Waals surface area contributed by atoms with Gasteiger partial charge in [0.1, 0.15) is 17.3 Å². The summed E-state index contributed by atoms with van der Waals surface area (Å²) in [6.07, 6.45) is 3.60. The van der Waals surface area contributed by atoms with Crippen LogP contribution in [-0.4, -0.2) is 35.4 Å². The van der Waals surface area contributed by atoms with Crippen LogP contribution in [0.15, 0.2) is 110 Å². The van der Waals surface area contributed by atoms with Crippen LogP contribution < -0.4 is 19.6 Å². The van der Waals surface area contributed by atoms with Crippen molar-refractivity contribution < 1.29 is 23.6 Å². The first-order valence-corrected chi connectivity index (χ1v) is 16.2. The molecule has 0 spiro atoms. The molecule has 1 atom stereocenters. The van der Waals surface area contributed by atoms with Crippen molar-refractivity contribution in [2.24, 2.45) is 4.99 Å². The van der Waals surface area contributed by atoms with E-state index < -0.39 is 16.9 Å². The van der Waals surface area contributed by atoms with Crippen LogP contribution in [0.5, 0.6) is 5.75 Å². The summed E-state index contributed by atoms with van der Waals surface area (Å²) < 4.78 is 18.8. The van der Waals surface area contributed by atoms with Crippen LogP contribution >= 0.6 is 23.1 Å². The Balaban J connectivity index is 1.52. The molecule has 3 heterocycles. The third kappa shape index (κ3) is 5.80. The molecule has 0 bridgehead atoms. The molecule has 6 rings (SSSR count). The molecule has 0 unspecified atom stereocenters. The minimum Gasteiger partial charge on any atom is -0.496 e. The van der Waals surface area contributed by atoms with Crippen molar-refractivity contribution >= 4 is 46.5 Å². The largest absolute Gasteiger partial charge is 0.496 e. The maximum atomic E-state index is 14.2. The van der Waals surface area contributed by atoms with Crippen LogP contribution in [0.25, 0.3) is 23.1 Å². The lowest BCUT2D eigenvalue weighted by Gasteiger charge is -2.26. The molecule has 1 aliphatic rings. The minimum atomic E-state index is -0.792. The number of methoxy groups -OCH3 is 1. The lowest BCUT2D eigenvalue weighted by atomic mass is 9.93. The molecule has 2 aromatic heterocycles. The highest BCUT2D eigenvalue weighted by Crippen LogP contribution is 2.36. The summed E-state index contributed by atoms with van der Waals surface area (Å²) in [7, 11) is 1.42. The van der Waals surface area contributed by atoms with Crippen molar-refractivity contribution in [1.82, 2.24) is 4.57 Å². The smallest absolute Gasteiger partial charge is 0.338 e. The van der Waals surface area contributed by atoms with Crippen LogP contribution in [0.4, 0.5) is 5.69 Å². The second-order valence-corrected chi connectivity index (χ2v) is 11.9. The van der Waals surface area contributed by atoms with Crippen molar-refractivity contribution in [1.29, 1.82) is 0 Å². The maximum Gasteiger partial charge on any atom is 0.338 e. The monoisotopic (exact) mass is 653 g/mol. The Labute approximate surface area is 271 Å². The zero-order valence-electron chi connectivity index (χ0n) is 25.0. The van der Waals surface area contributed by atoms with E-state index in [0.717, 1.165) is 16.0 Å². The summed E-state index contributed by atoms with van der Waals surface area (Å²) in [6, 6.07) is 24.0. The lowest BCUT2D eigenvalue weighted by molar-refractivity contribution is -0.384. The first kappa shape index (κ1) is 30.8. The molecular weight excluding hydrogens is 627 g/mol. The molecule has 0 aliphatic carbocycles. The maximum absolute atomic E-state index is 14.2. The van der Waals surface area contributed by atoms with Crippen LogP contribution in [0.3, 0.4) is 0 Å². The second-order valence-electron chi connectivity index (χ2n) is 10.0. The number of non-ortho nitro benzene ring substituents is 1. The van der Waals surface area contributed by atoms with Gasteiger partial charge in [0.05, 0.1) is 52.1 Å². The second kappa shape index (κ2) is 13.0. The van der Waals surface area contributed by atoms with Gasteiger partial charge in [-0.2, -0.15) is 0 Å². The Morgan fingerprint density at radius 1 is 1.11 bits per heavy atom. The molecule has 232 valence electrons. The van der Waals surface area contributed by atoms with Crippen LogP contribution in [0.2, 0.25) is 0 Å². The van der Waals surface area contributed by atoms with Gasteiger partial charge in [-0.3, -0.25) is 19.5 Å². The van der Waals surface area contributed by atoms with Crippen LogP contribution in [0.1, 0.15) is 29.9 Å². The molecule has 46 heavy (non-hydrogen) atoms. The van der Waals surface area contributed by atoms with Crippen LogP contribution in [0, 0.1) is 10.1 Å². The number of benzene rings is 3. The van der Waals surface area contributed by atoms with Gasteiger partial charge in [0.25, 0.3) is 11.2 Å². The van der Waals surface area contributed by atoms with Crippen molar-refractivity contribution in [3.8, 4) is 17.1 Å². The topological polar surface area (TPSA) is 126 Å². The quantitative estimate of drug-likeness (QED) is 0.0842. The molecule has 10 nitrogen and oxygen atoms in total. The highest BCUT2D eigenvalue weighted by molar-refractivity contribution is 7.98. The summed E-state index contributed by atoms with van der Waals surface area (Å²) in [5.74, 6) is 0.524. The predicted molar refractivity (Wildman–Crippen MR) is 177 cm³/mol. The van der Waals surface area contributed by atoms with E-state index in [1.54, 1.807) is 43.0 Å². The molecule has 0 radical (unpaired) electrons. The number of fused-ring (bicyclic) bond motifs is 1. The Bertz CT molecular complexity index is 2160. The van der Waals surface area contributed by atoms with Gasteiger partial charge in [-0.1, -0.05) is 53.8 Å². The van der Waals surface area contributed by atoms with Crippen molar-refractivity contribution in [3.05, 3.63) is 137 Å². The van der Waals surface area contributed by atoms with Gasteiger partial charge < -0.3 is 13.9 Å². The summed E-state index contributed by atoms with van der Waals surface area (Å²) >= 11 is 2.78. The number of nitro benzene ring substituents is 1. The minimum absolute atomic E-state index is 0.108. The number of nitro groups is 1. The average Bonchev–Trinajstić information content (AvgIpc) is 3.67. The number of thiazole rings is 1. The Morgan fingerprint density at radius 2 is 1.87 bits per heavy atom. The number of furan rings is 1. The number of ether oxygens (including phenoxy) is 2. The number of aromatic nitrogens is 1. The highest BCUT2D eigenvalue weighted by atomic mass is 32.2. The van der Waals surface area contributed by atoms with Crippen molar-refractivity contribution in [2.75, 3.05) is 20.0 Å². The van der Waals surface area contributed by atoms with Gasteiger partial charge in [-0.15, -0.1) is 11.8 Å². The van der Waals surface area contributed by atoms with E-state index in [0.29, 0.717) is 32.1 Å². The van der Waals surface area contributed by atoms with E-state index >= 15 is 0 Å². The van der Waals surface area contributed by atoms with Gasteiger partial charge in [0.15, 0.2) is 4.80 Å². The summed E-state index contributed by atoms with van der Waals surface area (Å²) in [6.45, 7) is 1.90. The number of rotatable bonds is 9. The van der Waals surface area contributed by atoms with Crippen molar-refractivity contribution in [2.45, 2.75) is 17.9 Å². The number of hydrogen-bond acceptors (Lipinski definition) is 10. The molecule has 0 N–H and O–H groups in total. The molecule has 0 saturated heterocycles. The highest BCUT2D eigenvalue weighted by Gasteiger charge is 2.35. The van der Waals surface area contributed by atoms with Gasteiger partial charge in [0.2, 0.25) is 0 Å². The third-order valence-corrected chi connectivity index (χ3v) is 9.09. The van der Waals surface area contributed by atoms with Crippen molar-refractivity contribution in [3.63, 3.8) is 0 Å². The van der Waals surface area contributed by atoms with Gasteiger partial charge >= 0.3 is 5.97 Å². The third-order valence-electron chi connectivity index (χ3n) is 7.37. The molecule has 5 aromatic rings. The zero-order chi connectivity index (χ0) is 32.4. The Hall–Kier alpha value is -5.20. The molecule has 12 heteroatoms. The first-order chi connectivity index (χ1) is 22.3. The van der Waals surface area contributed by atoms with E-state index in [1.807, 2.05) is 60.9 Å². The van der Waals surface area contributed by atoms with Crippen LogP contribution in [-0.2, 0) is 9.53 Å². The molecule has 1 aliphatic heterocycles. The fraction of sp³-hybridized carbons (Fsp3) is 0.147. The van der Waals surface area contributed by atoms with Gasteiger partial charge in [0, 0.05) is 22.6 Å². The number of carbonyl (C=O) groups excluding carboxylic acids is 1. The number of hydrogen-bond donors (Lipinski definition) is 0. The fourth-order valence-corrected chi connectivity index (χ4v) is 6.63. The molecule has 0 fully saturated rings. The first-order valence-electron chi connectivity index (χ1n) is 14.2. The van der Waals surface area contributed by atoms with E-state index in [4.69, 9.17) is 18.9 Å². The summed E-state index contributed by atoms with van der Waals surface area (Å²) in [5, 5.41) is 11.2. The van der Waals surface area contributed by atoms with Gasteiger partial charge in [-0.25, -0.2) is 9.79 Å². The molecule has 0 saturated carbocycles. The SMILES string of the molecule is CCOC(=O)C1=C(c2ccccc2)N=c2s/c(=C\c3ccc(-c4ccc([N+](=O)[O-])cc4OC)o3)c(=O)n2[C@@H]1c1ccc(SC)cc1. The van der Waals surface area contributed by atoms with E-state index in [1.165, 1.54) is 35.1 Å². The number of nitrogens with zero attached hydrogens (tertiary/aromatic N) is 3. The van der Waals surface area contributed by atoms with E-state index in [9.17, 15) is 19.7 Å². The molecule has 3 aromatic carbocycles. The number of esters is 1. The molecule has 0 amide bonds. The Kier molecular flexibility index (Phi) is 8.73. The lowest BCUT2D eigenvalue weighted by Crippen LogP contribution is -2.40. The number of thioether (sulfide) groups is 1. The number of carbonyl (C=O) groups is 1. The van der Waals surface area contributed by atoms with Gasteiger partial charge in [-0.05, 0) is 49.1 Å². The van der Waals surface area contributed by atoms with E-state index in [-0.39, 0.29) is 29.2 Å². The predicted octanol–water partition coefficient (Wildman–Crippen LogP) is 5.83. The average molecular weight is 654 g/mol. The standard InChI is InChI=1S/C34H27N3O7S2/c1-4-43-33(39)29-30(20-8-6-5-7-9-20)35-34-36(31(29)21-10-14-24(45-3)15-11-21)32(38)28(46-34)19-23-13-17-26(44-23)25-16-12-22(37(40)41)18-27(25)42-2/h5-19,31H,4H2,1-3H3/b28-19-/t31-/m1/s1. The normalized spacial score (nSPS) is 14.5. The summed E-state index contributed by atoms with van der Waals surface area (Å²) in [5.41, 5.74) is 2.25. The Morgan fingerprint density at radius 3 is 2.54 bits per heavy atom. The summed E-state index contributed by atoms with van der Waals surface area (Å²) in [4.78, 5) is 44.8. The fourth-order valence-electron chi connectivity index (χ4n) is 5.24. The zero-order valence-corrected chi connectivity index (χ0v) is 26.6. The van der Waals surface area contributed by atoms with E-state index in [2.05, 4.69) is 0 Å². The molecular formula is C34H27N3O7S2.